The molecule has 4 rings (SSSR count). The first-order valence-corrected chi connectivity index (χ1v) is 9.45. The number of hydrogen-bond acceptors (Lipinski definition) is 3. The zero-order valence-electron chi connectivity index (χ0n) is 13.8. The van der Waals surface area contributed by atoms with Crippen LogP contribution in [0.1, 0.15) is 23.6 Å². The molecule has 0 aromatic heterocycles. The highest BCUT2D eigenvalue weighted by Crippen LogP contribution is 2.38. The zero-order chi connectivity index (χ0) is 18.1. The Bertz CT molecular complexity index is 972. The van der Waals surface area contributed by atoms with Crippen molar-refractivity contribution in [3.05, 3.63) is 93.4 Å². The first kappa shape index (κ1) is 17.1. The molecule has 0 radical (unpaired) electrons. The predicted octanol–water partition coefficient (Wildman–Crippen LogP) is 6.16. The maximum Gasteiger partial charge on any atom is 0.124 e. The van der Waals surface area contributed by atoms with E-state index in [4.69, 9.17) is 16.7 Å². The monoisotopic (exact) mass is 426 g/mol. The topological polar surface area (TPSA) is 35.8 Å². The standard InChI is InChI=1S/C21H16BrClN2O/c22-15-5-3-4-14(12-15)20-13-19(18-6-1-2-7-21(18)26)24-25(20)17-10-8-16(23)9-11-17/h1-12,20,26H,13H2. The number of halogens is 2. The van der Waals surface area contributed by atoms with Crippen molar-refractivity contribution in [3.63, 3.8) is 0 Å². The molecule has 1 unspecified atom stereocenters. The lowest BCUT2D eigenvalue weighted by atomic mass is 9.98. The molecule has 5 heteroatoms. The van der Waals surface area contributed by atoms with Crippen LogP contribution in [-0.4, -0.2) is 10.8 Å². The largest absolute Gasteiger partial charge is 0.507 e. The number of hydrazone groups is 1. The van der Waals surface area contributed by atoms with Gasteiger partial charge in [-0.25, -0.2) is 0 Å². The molecule has 0 aliphatic carbocycles. The Kier molecular flexibility index (Phi) is 4.70. The zero-order valence-corrected chi connectivity index (χ0v) is 16.2. The van der Waals surface area contributed by atoms with Crippen molar-refractivity contribution in [2.75, 3.05) is 5.01 Å². The van der Waals surface area contributed by atoms with Gasteiger partial charge in [0.25, 0.3) is 0 Å². The molecule has 3 aromatic carbocycles. The molecule has 0 amide bonds. The summed E-state index contributed by atoms with van der Waals surface area (Å²) in [5.41, 5.74) is 3.75. The quantitative estimate of drug-likeness (QED) is 0.543. The normalized spacial score (nSPS) is 16.6. The smallest absolute Gasteiger partial charge is 0.124 e. The van der Waals surface area contributed by atoms with E-state index in [1.165, 1.54) is 0 Å². The lowest BCUT2D eigenvalue weighted by Gasteiger charge is -2.24. The highest BCUT2D eigenvalue weighted by atomic mass is 79.9. The van der Waals surface area contributed by atoms with E-state index in [-0.39, 0.29) is 11.8 Å². The van der Waals surface area contributed by atoms with Gasteiger partial charge in [0.1, 0.15) is 5.75 Å². The van der Waals surface area contributed by atoms with E-state index in [1.54, 1.807) is 6.07 Å². The Morgan fingerprint density at radius 3 is 2.50 bits per heavy atom. The lowest BCUT2D eigenvalue weighted by molar-refractivity contribution is 0.474. The molecule has 0 saturated carbocycles. The highest BCUT2D eigenvalue weighted by molar-refractivity contribution is 9.10. The molecule has 1 atom stereocenters. The van der Waals surface area contributed by atoms with Gasteiger partial charge >= 0.3 is 0 Å². The fraction of sp³-hybridized carbons (Fsp3) is 0.0952. The maximum atomic E-state index is 10.2. The van der Waals surface area contributed by atoms with Crippen LogP contribution < -0.4 is 5.01 Å². The van der Waals surface area contributed by atoms with E-state index in [0.717, 1.165) is 27.0 Å². The number of phenols is 1. The van der Waals surface area contributed by atoms with Gasteiger partial charge in [-0.3, -0.25) is 5.01 Å². The van der Waals surface area contributed by atoms with Crippen LogP contribution in [-0.2, 0) is 0 Å². The molecule has 1 heterocycles. The average Bonchev–Trinajstić information content (AvgIpc) is 3.08. The second-order valence-electron chi connectivity index (χ2n) is 6.16. The minimum atomic E-state index is 0.0447. The summed E-state index contributed by atoms with van der Waals surface area (Å²) in [4.78, 5) is 0. The van der Waals surface area contributed by atoms with Gasteiger partial charge in [-0.15, -0.1) is 0 Å². The van der Waals surface area contributed by atoms with E-state index in [1.807, 2.05) is 59.6 Å². The predicted molar refractivity (Wildman–Crippen MR) is 110 cm³/mol. The Balaban J connectivity index is 1.78. The van der Waals surface area contributed by atoms with E-state index in [9.17, 15) is 5.11 Å². The van der Waals surface area contributed by atoms with Crippen LogP contribution in [0.5, 0.6) is 5.75 Å². The second-order valence-corrected chi connectivity index (χ2v) is 7.51. The number of phenolic OH excluding ortho intramolecular Hbond substituents is 1. The van der Waals surface area contributed by atoms with Gasteiger partial charge in [0.2, 0.25) is 0 Å². The summed E-state index contributed by atoms with van der Waals surface area (Å²) >= 11 is 9.60. The SMILES string of the molecule is Oc1ccccc1C1=NN(c2ccc(Cl)cc2)C(c2cccc(Br)c2)C1. The number of benzene rings is 3. The molecular weight excluding hydrogens is 412 g/mol. The summed E-state index contributed by atoms with van der Waals surface area (Å²) in [6.07, 6.45) is 0.705. The van der Waals surface area contributed by atoms with Crippen molar-refractivity contribution in [1.82, 2.24) is 0 Å². The summed E-state index contributed by atoms with van der Waals surface area (Å²) in [6, 6.07) is 23.3. The van der Waals surface area contributed by atoms with Gasteiger partial charge in [-0.05, 0) is 54.1 Å². The van der Waals surface area contributed by atoms with Crippen LogP contribution in [0, 0.1) is 0 Å². The molecular formula is C21H16BrClN2O. The Morgan fingerprint density at radius 2 is 1.77 bits per heavy atom. The minimum Gasteiger partial charge on any atom is -0.507 e. The van der Waals surface area contributed by atoms with Gasteiger partial charge < -0.3 is 5.11 Å². The number of para-hydroxylation sites is 1. The summed E-state index contributed by atoms with van der Waals surface area (Å²) < 4.78 is 1.03. The van der Waals surface area contributed by atoms with Crippen molar-refractivity contribution in [2.24, 2.45) is 5.10 Å². The number of nitrogens with zero attached hydrogens (tertiary/aromatic N) is 2. The molecule has 0 bridgehead atoms. The molecule has 0 saturated heterocycles. The first-order valence-electron chi connectivity index (χ1n) is 8.28. The molecule has 3 nitrogen and oxygen atoms in total. The Morgan fingerprint density at radius 1 is 1.00 bits per heavy atom. The third-order valence-electron chi connectivity index (χ3n) is 4.45. The highest BCUT2D eigenvalue weighted by Gasteiger charge is 2.30. The lowest BCUT2D eigenvalue weighted by Crippen LogP contribution is -2.18. The second kappa shape index (κ2) is 7.14. The third-order valence-corrected chi connectivity index (χ3v) is 5.20. The van der Waals surface area contributed by atoms with Crippen LogP contribution >= 0.6 is 27.5 Å². The molecule has 3 aromatic rings. The fourth-order valence-electron chi connectivity index (χ4n) is 3.20. The van der Waals surface area contributed by atoms with E-state index >= 15 is 0 Å². The molecule has 0 fully saturated rings. The third kappa shape index (κ3) is 3.35. The Labute approximate surface area is 165 Å². The summed E-state index contributed by atoms with van der Waals surface area (Å²) in [5.74, 6) is 0.247. The molecule has 130 valence electrons. The van der Waals surface area contributed by atoms with Gasteiger partial charge in [-0.2, -0.15) is 5.10 Å². The van der Waals surface area contributed by atoms with Crippen LogP contribution in [0.25, 0.3) is 0 Å². The summed E-state index contributed by atoms with van der Waals surface area (Å²) in [6.45, 7) is 0. The van der Waals surface area contributed by atoms with Gasteiger partial charge in [0.05, 0.1) is 17.4 Å². The van der Waals surface area contributed by atoms with Crippen LogP contribution in [0.3, 0.4) is 0 Å². The number of aromatic hydroxyl groups is 1. The van der Waals surface area contributed by atoms with E-state index in [0.29, 0.717) is 11.4 Å². The van der Waals surface area contributed by atoms with Crippen LogP contribution in [0.15, 0.2) is 82.4 Å². The maximum absolute atomic E-state index is 10.2. The van der Waals surface area contributed by atoms with E-state index in [2.05, 4.69) is 28.1 Å². The fourth-order valence-corrected chi connectivity index (χ4v) is 3.74. The van der Waals surface area contributed by atoms with Crippen molar-refractivity contribution < 1.29 is 5.11 Å². The molecule has 1 N–H and O–H groups in total. The van der Waals surface area contributed by atoms with Crippen molar-refractivity contribution in [1.29, 1.82) is 0 Å². The van der Waals surface area contributed by atoms with Gasteiger partial charge in [-0.1, -0.05) is 51.8 Å². The van der Waals surface area contributed by atoms with Crippen LogP contribution in [0.2, 0.25) is 5.02 Å². The summed E-state index contributed by atoms with van der Waals surface area (Å²) in [5, 5.41) is 17.8. The van der Waals surface area contributed by atoms with Gasteiger partial charge in [0, 0.05) is 21.5 Å². The number of anilines is 1. The van der Waals surface area contributed by atoms with Crippen molar-refractivity contribution in [2.45, 2.75) is 12.5 Å². The van der Waals surface area contributed by atoms with Gasteiger partial charge in [0.15, 0.2) is 0 Å². The van der Waals surface area contributed by atoms with Crippen molar-refractivity contribution in [3.8, 4) is 5.75 Å². The number of hydrogen-bond donors (Lipinski definition) is 1. The molecule has 0 spiro atoms. The van der Waals surface area contributed by atoms with E-state index < -0.39 is 0 Å². The molecule has 1 aliphatic rings. The first-order chi connectivity index (χ1) is 12.6. The minimum absolute atomic E-state index is 0.0447. The number of rotatable bonds is 3. The van der Waals surface area contributed by atoms with Crippen LogP contribution in [0.4, 0.5) is 5.69 Å². The molecule has 26 heavy (non-hydrogen) atoms. The Hall–Kier alpha value is -2.30. The summed E-state index contributed by atoms with van der Waals surface area (Å²) in [7, 11) is 0. The average molecular weight is 428 g/mol. The molecule has 1 aliphatic heterocycles. The van der Waals surface area contributed by atoms with Crippen molar-refractivity contribution >= 4 is 38.9 Å².